The number of para-hydroxylation sites is 1. The van der Waals surface area contributed by atoms with E-state index in [4.69, 9.17) is 0 Å². The zero-order valence-corrected chi connectivity index (χ0v) is 14.9. The van der Waals surface area contributed by atoms with Crippen LogP contribution in [0.3, 0.4) is 0 Å². The maximum Gasteiger partial charge on any atom is 0.313 e. The molecule has 0 radical (unpaired) electrons. The average Bonchev–Trinajstić information content (AvgIpc) is 3.21. The van der Waals surface area contributed by atoms with Crippen LogP contribution in [-0.2, 0) is 16.0 Å². The van der Waals surface area contributed by atoms with E-state index in [1.807, 2.05) is 18.2 Å². The van der Waals surface area contributed by atoms with Crippen LogP contribution in [0.1, 0.15) is 24.8 Å². The summed E-state index contributed by atoms with van der Waals surface area (Å²) >= 11 is 0. The number of amides is 2. The van der Waals surface area contributed by atoms with Crippen molar-refractivity contribution in [3.8, 4) is 0 Å². The Morgan fingerprint density at radius 3 is 2.27 bits per heavy atom. The van der Waals surface area contributed by atoms with Gasteiger partial charge in [0, 0.05) is 31.0 Å². The van der Waals surface area contributed by atoms with Crippen molar-refractivity contribution in [2.24, 2.45) is 0 Å². The molecule has 1 saturated heterocycles. The molecule has 5 heteroatoms. The number of nitrogens with zero attached hydrogens (tertiary/aromatic N) is 1. The maximum atomic E-state index is 11.8. The fourth-order valence-electron chi connectivity index (χ4n) is 3.13. The Morgan fingerprint density at radius 1 is 0.885 bits per heavy atom. The first-order valence-corrected chi connectivity index (χ1v) is 9.20. The zero-order chi connectivity index (χ0) is 18.2. The van der Waals surface area contributed by atoms with Crippen LogP contribution in [-0.4, -0.2) is 31.4 Å². The zero-order valence-electron chi connectivity index (χ0n) is 14.9. The van der Waals surface area contributed by atoms with Gasteiger partial charge < -0.3 is 15.5 Å². The molecule has 1 heterocycles. The molecular formula is C21H25N3O2. The number of rotatable bonds is 6. The fraction of sp³-hybridized carbons (Fsp3) is 0.333. The minimum atomic E-state index is -0.633. The predicted molar refractivity (Wildman–Crippen MR) is 104 cm³/mol. The van der Waals surface area contributed by atoms with Crippen LogP contribution < -0.4 is 15.5 Å². The third kappa shape index (κ3) is 5.09. The minimum absolute atomic E-state index is 0.481. The number of carbonyl (C=O) groups excluding carboxylic acids is 2. The van der Waals surface area contributed by atoms with Gasteiger partial charge in [-0.15, -0.1) is 0 Å². The monoisotopic (exact) mass is 351 g/mol. The first-order chi connectivity index (χ1) is 12.7. The van der Waals surface area contributed by atoms with Crippen LogP contribution >= 0.6 is 0 Å². The average molecular weight is 351 g/mol. The van der Waals surface area contributed by atoms with Gasteiger partial charge in [-0.2, -0.15) is 0 Å². The highest BCUT2D eigenvalue weighted by molar-refractivity contribution is 6.39. The largest absolute Gasteiger partial charge is 0.372 e. The Morgan fingerprint density at radius 2 is 1.58 bits per heavy atom. The van der Waals surface area contributed by atoms with Gasteiger partial charge in [0.05, 0.1) is 0 Å². The molecule has 0 aliphatic carbocycles. The van der Waals surface area contributed by atoms with E-state index < -0.39 is 11.8 Å². The highest BCUT2D eigenvalue weighted by atomic mass is 16.2. The van der Waals surface area contributed by atoms with Crippen molar-refractivity contribution in [1.82, 2.24) is 5.32 Å². The second-order valence-corrected chi connectivity index (χ2v) is 6.54. The Bertz CT molecular complexity index is 723. The molecule has 0 unspecified atom stereocenters. The maximum absolute atomic E-state index is 11.8. The fourth-order valence-corrected chi connectivity index (χ4v) is 3.13. The van der Waals surface area contributed by atoms with Crippen molar-refractivity contribution in [1.29, 1.82) is 0 Å². The van der Waals surface area contributed by atoms with Gasteiger partial charge in [0.2, 0.25) is 0 Å². The molecule has 136 valence electrons. The third-order valence-electron chi connectivity index (χ3n) is 4.57. The van der Waals surface area contributed by atoms with Crippen LogP contribution in [0.4, 0.5) is 11.4 Å². The molecule has 0 atom stereocenters. The van der Waals surface area contributed by atoms with Crippen molar-refractivity contribution in [2.45, 2.75) is 25.7 Å². The molecular weight excluding hydrogens is 326 g/mol. The van der Waals surface area contributed by atoms with Gasteiger partial charge in [-0.05, 0) is 55.5 Å². The molecule has 1 fully saturated rings. The Labute approximate surface area is 154 Å². The number of hydrogen-bond donors (Lipinski definition) is 2. The lowest BCUT2D eigenvalue weighted by Gasteiger charge is -2.17. The summed E-state index contributed by atoms with van der Waals surface area (Å²) in [4.78, 5) is 26.0. The summed E-state index contributed by atoms with van der Waals surface area (Å²) in [6.07, 6.45) is 4.23. The normalized spacial score (nSPS) is 13.5. The van der Waals surface area contributed by atoms with Gasteiger partial charge in [0.15, 0.2) is 0 Å². The van der Waals surface area contributed by atoms with E-state index in [2.05, 4.69) is 39.8 Å². The van der Waals surface area contributed by atoms with Crippen molar-refractivity contribution in [2.75, 3.05) is 29.9 Å². The molecule has 1 aliphatic rings. The molecule has 0 saturated carbocycles. The van der Waals surface area contributed by atoms with Crippen LogP contribution in [0.25, 0.3) is 0 Å². The standard InChI is InChI=1S/C21H25N3O2/c25-20(21(26)23-18-8-2-1-3-9-18)22-14-6-7-17-10-12-19(13-11-17)24-15-4-5-16-24/h1-3,8-13H,4-7,14-16H2,(H,22,25)(H,23,26). The van der Waals surface area contributed by atoms with Crippen LogP contribution in [0.15, 0.2) is 54.6 Å². The predicted octanol–water partition coefficient (Wildman–Crippen LogP) is 2.97. The second-order valence-electron chi connectivity index (χ2n) is 6.54. The lowest BCUT2D eigenvalue weighted by molar-refractivity contribution is -0.136. The number of aryl methyl sites for hydroxylation is 1. The smallest absolute Gasteiger partial charge is 0.313 e. The summed E-state index contributed by atoms with van der Waals surface area (Å²) in [5, 5.41) is 5.25. The van der Waals surface area contributed by atoms with Crippen LogP contribution in [0, 0.1) is 0 Å². The lowest BCUT2D eigenvalue weighted by atomic mass is 10.1. The highest BCUT2D eigenvalue weighted by Gasteiger charge is 2.13. The number of benzene rings is 2. The lowest BCUT2D eigenvalue weighted by Crippen LogP contribution is -2.36. The van der Waals surface area contributed by atoms with Gasteiger partial charge in [-0.25, -0.2) is 0 Å². The first-order valence-electron chi connectivity index (χ1n) is 9.20. The molecule has 3 rings (SSSR count). The molecule has 2 N–H and O–H groups in total. The first kappa shape index (κ1) is 18.0. The summed E-state index contributed by atoms with van der Waals surface area (Å²) < 4.78 is 0. The van der Waals surface area contributed by atoms with Crippen LogP contribution in [0.5, 0.6) is 0 Å². The van der Waals surface area contributed by atoms with E-state index in [-0.39, 0.29) is 0 Å². The number of hydrogen-bond acceptors (Lipinski definition) is 3. The molecule has 0 bridgehead atoms. The molecule has 5 nitrogen and oxygen atoms in total. The second kappa shape index (κ2) is 9.04. The Balaban J connectivity index is 1.36. The van der Waals surface area contributed by atoms with Gasteiger partial charge in [0.25, 0.3) is 0 Å². The number of anilines is 2. The van der Waals surface area contributed by atoms with E-state index in [1.54, 1.807) is 12.1 Å². The van der Waals surface area contributed by atoms with Gasteiger partial charge >= 0.3 is 11.8 Å². The van der Waals surface area contributed by atoms with Crippen molar-refractivity contribution in [3.63, 3.8) is 0 Å². The van der Waals surface area contributed by atoms with E-state index in [1.165, 1.54) is 24.1 Å². The topological polar surface area (TPSA) is 61.4 Å². The number of nitrogens with one attached hydrogen (secondary N) is 2. The van der Waals surface area contributed by atoms with E-state index in [0.29, 0.717) is 12.2 Å². The Hall–Kier alpha value is -2.82. The van der Waals surface area contributed by atoms with Crippen molar-refractivity contribution < 1.29 is 9.59 Å². The quantitative estimate of drug-likeness (QED) is 0.621. The number of carbonyl (C=O) groups is 2. The summed E-state index contributed by atoms with van der Waals surface area (Å²) in [6, 6.07) is 17.6. The van der Waals surface area contributed by atoms with Crippen molar-refractivity contribution >= 4 is 23.2 Å². The minimum Gasteiger partial charge on any atom is -0.372 e. The highest BCUT2D eigenvalue weighted by Crippen LogP contribution is 2.20. The molecule has 0 spiro atoms. The van der Waals surface area contributed by atoms with E-state index >= 15 is 0 Å². The SMILES string of the molecule is O=C(NCCCc1ccc(N2CCCC2)cc1)C(=O)Nc1ccccc1. The van der Waals surface area contributed by atoms with E-state index in [9.17, 15) is 9.59 Å². The summed E-state index contributed by atoms with van der Waals surface area (Å²) in [7, 11) is 0. The molecule has 1 aliphatic heterocycles. The molecule has 2 aromatic rings. The molecule has 2 aromatic carbocycles. The van der Waals surface area contributed by atoms with Crippen molar-refractivity contribution in [3.05, 3.63) is 60.2 Å². The molecule has 26 heavy (non-hydrogen) atoms. The van der Waals surface area contributed by atoms with E-state index in [0.717, 1.165) is 25.9 Å². The van der Waals surface area contributed by atoms with Crippen LogP contribution in [0.2, 0.25) is 0 Å². The summed E-state index contributed by atoms with van der Waals surface area (Å²) in [5.41, 5.74) is 3.15. The Kier molecular flexibility index (Phi) is 6.25. The molecule has 0 aromatic heterocycles. The molecule has 2 amide bonds. The summed E-state index contributed by atoms with van der Waals surface area (Å²) in [5.74, 6) is -1.23. The third-order valence-corrected chi connectivity index (χ3v) is 4.57. The summed E-state index contributed by atoms with van der Waals surface area (Å²) in [6.45, 7) is 2.78. The van der Waals surface area contributed by atoms with Gasteiger partial charge in [-0.3, -0.25) is 9.59 Å². The van der Waals surface area contributed by atoms with Gasteiger partial charge in [-0.1, -0.05) is 30.3 Å². The van der Waals surface area contributed by atoms with Gasteiger partial charge in [0.1, 0.15) is 0 Å².